The fourth-order valence-electron chi connectivity index (χ4n) is 2.24. The summed E-state index contributed by atoms with van der Waals surface area (Å²) in [6.45, 7) is 3.87. The van der Waals surface area contributed by atoms with Crippen LogP contribution in [-0.2, 0) is 9.53 Å². The van der Waals surface area contributed by atoms with E-state index in [1.165, 1.54) is 0 Å². The van der Waals surface area contributed by atoms with Gasteiger partial charge in [0.25, 0.3) is 0 Å². The second-order valence-corrected chi connectivity index (χ2v) is 4.75. The minimum atomic E-state index is -1.22. The molecule has 0 aromatic heterocycles. The Balaban J connectivity index is 2.30. The van der Waals surface area contributed by atoms with Gasteiger partial charge in [-0.3, -0.25) is 0 Å². The molecule has 0 saturated heterocycles. The minimum absolute atomic E-state index is 0.267. The number of hydrogen-bond donors (Lipinski definition) is 1. The molecular formula is C14H20N2O3. The lowest BCUT2D eigenvalue weighted by Gasteiger charge is -2.35. The smallest absolute Gasteiger partial charge is 0.339 e. The van der Waals surface area contributed by atoms with E-state index in [9.17, 15) is 9.90 Å². The summed E-state index contributed by atoms with van der Waals surface area (Å²) in [7, 11) is 4.04. The normalized spacial score (nSPS) is 16.0. The van der Waals surface area contributed by atoms with Crippen molar-refractivity contribution in [2.75, 3.05) is 43.6 Å². The number of aliphatic hydroxyl groups excluding tert-OH is 1. The minimum Gasteiger partial charge on any atom is -0.464 e. The molecule has 0 spiro atoms. The van der Waals surface area contributed by atoms with Gasteiger partial charge < -0.3 is 19.6 Å². The molecule has 104 valence electrons. The van der Waals surface area contributed by atoms with Crippen LogP contribution in [0.5, 0.6) is 0 Å². The number of benzene rings is 1. The molecule has 0 radical (unpaired) electrons. The third kappa shape index (κ3) is 2.66. The first-order chi connectivity index (χ1) is 9.04. The molecule has 0 amide bonds. The van der Waals surface area contributed by atoms with Gasteiger partial charge in [0.2, 0.25) is 0 Å². The molecule has 0 bridgehead atoms. The number of nitrogens with zero attached hydrogens (tertiary/aromatic N) is 2. The number of esters is 1. The summed E-state index contributed by atoms with van der Waals surface area (Å²) in [5.41, 5.74) is 2.70. The Morgan fingerprint density at radius 2 is 1.95 bits per heavy atom. The van der Waals surface area contributed by atoms with Crippen molar-refractivity contribution in [2.45, 2.75) is 13.0 Å². The van der Waals surface area contributed by atoms with Gasteiger partial charge in [-0.1, -0.05) is 6.07 Å². The molecule has 1 aromatic carbocycles. The quantitative estimate of drug-likeness (QED) is 0.831. The molecule has 1 atom stereocenters. The SMILES string of the molecule is CCOC(=O)C(O)c1ccc2c(c1)N(C)CCN2C. The molecule has 0 fully saturated rings. The molecular weight excluding hydrogens is 244 g/mol. The molecule has 19 heavy (non-hydrogen) atoms. The average molecular weight is 264 g/mol. The number of likely N-dealkylation sites (N-methyl/N-ethyl adjacent to an activating group) is 2. The highest BCUT2D eigenvalue weighted by Crippen LogP contribution is 2.33. The zero-order valence-electron chi connectivity index (χ0n) is 11.6. The summed E-state index contributed by atoms with van der Waals surface area (Å²) >= 11 is 0. The zero-order chi connectivity index (χ0) is 14.0. The first kappa shape index (κ1) is 13.7. The van der Waals surface area contributed by atoms with E-state index in [0.717, 1.165) is 24.5 Å². The fraction of sp³-hybridized carbons (Fsp3) is 0.500. The Kier molecular flexibility index (Phi) is 3.95. The molecule has 0 saturated carbocycles. The van der Waals surface area contributed by atoms with Gasteiger partial charge in [0.05, 0.1) is 18.0 Å². The Hall–Kier alpha value is -1.75. The largest absolute Gasteiger partial charge is 0.464 e. The standard InChI is InChI=1S/C14H20N2O3/c1-4-19-14(18)13(17)10-5-6-11-12(9-10)16(3)8-7-15(11)2/h5-6,9,13,17H,4,7-8H2,1-3H3. The zero-order valence-corrected chi connectivity index (χ0v) is 11.6. The van der Waals surface area contributed by atoms with Gasteiger partial charge in [-0.05, 0) is 24.6 Å². The lowest BCUT2D eigenvalue weighted by molar-refractivity contribution is -0.153. The molecule has 0 aliphatic carbocycles. The third-order valence-corrected chi connectivity index (χ3v) is 3.42. The average Bonchev–Trinajstić information content (AvgIpc) is 2.42. The molecule has 1 aliphatic heterocycles. The van der Waals surface area contributed by atoms with Crippen LogP contribution in [0.4, 0.5) is 11.4 Å². The van der Waals surface area contributed by atoms with Crippen LogP contribution in [0.3, 0.4) is 0 Å². The number of rotatable bonds is 3. The molecule has 2 rings (SSSR count). The summed E-state index contributed by atoms with van der Waals surface area (Å²) in [5.74, 6) is -0.603. The summed E-state index contributed by atoms with van der Waals surface area (Å²) in [5, 5.41) is 9.97. The van der Waals surface area contributed by atoms with E-state index in [1.54, 1.807) is 13.0 Å². The van der Waals surface area contributed by atoms with E-state index in [1.807, 2.05) is 26.2 Å². The lowest BCUT2D eigenvalue weighted by atomic mass is 10.1. The van der Waals surface area contributed by atoms with Crippen molar-refractivity contribution < 1.29 is 14.6 Å². The first-order valence-corrected chi connectivity index (χ1v) is 6.45. The van der Waals surface area contributed by atoms with E-state index < -0.39 is 12.1 Å². The monoisotopic (exact) mass is 264 g/mol. The van der Waals surface area contributed by atoms with Crippen molar-refractivity contribution in [1.82, 2.24) is 0 Å². The highest BCUT2D eigenvalue weighted by molar-refractivity contribution is 5.79. The van der Waals surface area contributed by atoms with Crippen molar-refractivity contribution in [3.63, 3.8) is 0 Å². The van der Waals surface area contributed by atoms with E-state index >= 15 is 0 Å². The van der Waals surface area contributed by atoms with E-state index in [4.69, 9.17) is 4.74 Å². The van der Waals surface area contributed by atoms with Crippen LogP contribution in [0.1, 0.15) is 18.6 Å². The topological polar surface area (TPSA) is 53.0 Å². The number of carbonyl (C=O) groups is 1. The predicted molar refractivity (Wildman–Crippen MR) is 74.6 cm³/mol. The molecule has 1 aliphatic rings. The van der Waals surface area contributed by atoms with Crippen molar-refractivity contribution in [1.29, 1.82) is 0 Å². The Morgan fingerprint density at radius 1 is 1.32 bits per heavy atom. The summed E-state index contributed by atoms with van der Waals surface area (Å²) < 4.78 is 4.84. The number of carbonyl (C=O) groups excluding carboxylic acids is 1. The number of hydrogen-bond acceptors (Lipinski definition) is 5. The van der Waals surface area contributed by atoms with Gasteiger partial charge in [0.15, 0.2) is 6.10 Å². The highest BCUT2D eigenvalue weighted by atomic mass is 16.5. The van der Waals surface area contributed by atoms with Crippen LogP contribution in [0.2, 0.25) is 0 Å². The van der Waals surface area contributed by atoms with Gasteiger partial charge in [-0.25, -0.2) is 4.79 Å². The van der Waals surface area contributed by atoms with Crippen molar-refractivity contribution >= 4 is 17.3 Å². The molecule has 5 nitrogen and oxygen atoms in total. The van der Waals surface area contributed by atoms with Crippen LogP contribution in [0, 0.1) is 0 Å². The molecule has 1 heterocycles. The van der Waals surface area contributed by atoms with Gasteiger partial charge in [0.1, 0.15) is 0 Å². The Bertz CT molecular complexity index is 476. The summed E-state index contributed by atoms with van der Waals surface area (Å²) in [6, 6.07) is 5.56. The van der Waals surface area contributed by atoms with Gasteiger partial charge in [0, 0.05) is 27.2 Å². The Morgan fingerprint density at radius 3 is 2.58 bits per heavy atom. The number of ether oxygens (including phenoxy) is 1. The highest BCUT2D eigenvalue weighted by Gasteiger charge is 2.23. The van der Waals surface area contributed by atoms with Crippen LogP contribution >= 0.6 is 0 Å². The molecule has 5 heteroatoms. The van der Waals surface area contributed by atoms with Gasteiger partial charge in [-0.15, -0.1) is 0 Å². The first-order valence-electron chi connectivity index (χ1n) is 6.45. The predicted octanol–water partition coefficient (Wildman–Crippen LogP) is 1.17. The van der Waals surface area contributed by atoms with E-state index in [2.05, 4.69) is 9.80 Å². The van der Waals surface area contributed by atoms with Crippen LogP contribution < -0.4 is 9.80 Å². The second-order valence-electron chi connectivity index (χ2n) is 4.75. The number of anilines is 2. The van der Waals surface area contributed by atoms with Gasteiger partial charge >= 0.3 is 5.97 Å². The lowest BCUT2D eigenvalue weighted by Crippen LogP contribution is -2.36. The Labute approximate surface area is 113 Å². The molecule has 1 aromatic rings. The van der Waals surface area contributed by atoms with Crippen LogP contribution in [0.25, 0.3) is 0 Å². The van der Waals surface area contributed by atoms with E-state index in [-0.39, 0.29) is 6.61 Å². The van der Waals surface area contributed by atoms with Crippen LogP contribution in [0.15, 0.2) is 18.2 Å². The third-order valence-electron chi connectivity index (χ3n) is 3.42. The maximum absolute atomic E-state index is 11.6. The summed E-state index contributed by atoms with van der Waals surface area (Å²) in [6.07, 6.45) is -1.22. The van der Waals surface area contributed by atoms with Crippen molar-refractivity contribution in [3.05, 3.63) is 23.8 Å². The maximum Gasteiger partial charge on any atom is 0.339 e. The number of fused-ring (bicyclic) bond motifs is 1. The second kappa shape index (κ2) is 5.48. The summed E-state index contributed by atoms with van der Waals surface area (Å²) in [4.78, 5) is 15.8. The van der Waals surface area contributed by atoms with E-state index in [0.29, 0.717) is 5.56 Å². The molecule has 1 N–H and O–H groups in total. The maximum atomic E-state index is 11.6. The molecule has 1 unspecified atom stereocenters. The van der Waals surface area contributed by atoms with Crippen molar-refractivity contribution in [3.8, 4) is 0 Å². The van der Waals surface area contributed by atoms with Gasteiger partial charge in [-0.2, -0.15) is 0 Å². The number of aliphatic hydroxyl groups is 1. The van der Waals surface area contributed by atoms with Crippen molar-refractivity contribution in [2.24, 2.45) is 0 Å². The van der Waals surface area contributed by atoms with Crippen LogP contribution in [-0.4, -0.2) is 44.9 Å². The fourth-order valence-corrected chi connectivity index (χ4v) is 2.24.